The molecule has 1 N–H and O–H groups in total. The van der Waals surface area contributed by atoms with Crippen molar-refractivity contribution in [2.24, 2.45) is 5.41 Å². The highest BCUT2D eigenvalue weighted by atomic mass is 16.5. The summed E-state index contributed by atoms with van der Waals surface area (Å²) in [5.74, 6) is -0.282. The van der Waals surface area contributed by atoms with Crippen LogP contribution in [0.5, 0.6) is 0 Å². The van der Waals surface area contributed by atoms with Gasteiger partial charge in [-0.05, 0) is 46.5 Å². The van der Waals surface area contributed by atoms with Gasteiger partial charge in [0.1, 0.15) is 0 Å². The van der Waals surface area contributed by atoms with Crippen LogP contribution in [0, 0.1) is 5.41 Å². The first-order valence-electron chi connectivity index (χ1n) is 6.46. The third-order valence-electron chi connectivity index (χ3n) is 3.50. The van der Waals surface area contributed by atoms with E-state index in [9.17, 15) is 9.90 Å². The molecular formula is C15H24O3. The van der Waals surface area contributed by atoms with Crippen molar-refractivity contribution >= 4 is 5.97 Å². The van der Waals surface area contributed by atoms with E-state index >= 15 is 0 Å². The number of aliphatic hydroxyl groups is 1. The standard InChI is InChI=1S/C15H24O3/c1-6-18-13(16)14(7-8-14)15(17,9-11(2)3)10-12(4)5/h17H,2,4,6-10H2,1,3,5H3. The Bertz CT molecular complexity index is 348. The molecule has 18 heavy (non-hydrogen) atoms. The van der Waals surface area contributed by atoms with Crippen LogP contribution in [0.3, 0.4) is 0 Å². The molecule has 1 rings (SSSR count). The van der Waals surface area contributed by atoms with Gasteiger partial charge in [-0.1, -0.05) is 11.1 Å². The summed E-state index contributed by atoms with van der Waals surface area (Å²) in [4.78, 5) is 12.1. The molecule has 0 aromatic carbocycles. The lowest BCUT2D eigenvalue weighted by Crippen LogP contribution is -2.45. The van der Waals surface area contributed by atoms with Crippen molar-refractivity contribution in [2.75, 3.05) is 6.61 Å². The van der Waals surface area contributed by atoms with Crippen LogP contribution >= 0.6 is 0 Å². The Labute approximate surface area is 110 Å². The molecule has 1 saturated carbocycles. The van der Waals surface area contributed by atoms with Crippen LogP contribution in [0.25, 0.3) is 0 Å². The summed E-state index contributed by atoms with van der Waals surface area (Å²) in [5.41, 5.74) is -0.110. The summed E-state index contributed by atoms with van der Waals surface area (Å²) >= 11 is 0. The van der Waals surface area contributed by atoms with Gasteiger partial charge in [0.15, 0.2) is 0 Å². The van der Waals surface area contributed by atoms with Crippen molar-refractivity contribution in [3.8, 4) is 0 Å². The topological polar surface area (TPSA) is 46.5 Å². The monoisotopic (exact) mass is 252 g/mol. The van der Waals surface area contributed by atoms with Crippen LogP contribution in [-0.4, -0.2) is 23.3 Å². The van der Waals surface area contributed by atoms with E-state index in [-0.39, 0.29) is 5.97 Å². The molecule has 0 spiro atoms. The van der Waals surface area contributed by atoms with Crippen molar-refractivity contribution in [1.29, 1.82) is 0 Å². The van der Waals surface area contributed by atoms with E-state index in [1.165, 1.54) is 0 Å². The van der Waals surface area contributed by atoms with Crippen molar-refractivity contribution in [3.63, 3.8) is 0 Å². The number of hydrogen-bond donors (Lipinski definition) is 1. The minimum Gasteiger partial charge on any atom is -0.465 e. The van der Waals surface area contributed by atoms with E-state index < -0.39 is 11.0 Å². The Hall–Kier alpha value is -1.09. The average molecular weight is 252 g/mol. The summed E-state index contributed by atoms with van der Waals surface area (Å²) in [7, 11) is 0. The second-order valence-electron chi connectivity index (χ2n) is 5.60. The first-order chi connectivity index (χ1) is 8.27. The fourth-order valence-corrected chi connectivity index (χ4v) is 2.65. The molecule has 0 atom stereocenters. The Morgan fingerprint density at radius 1 is 1.28 bits per heavy atom. The van der Waals surface area contributed by atoms with Crippen molar-refractivity contribution < 1.29 is 14.6 Å². The molecule has 0 saturated heterocycles. The van der Waals surface area contributed by atoms with Crippen molar-refractivity contribution in [3.05, 3.63) is 24.3 Å². The van der Waals surface area contributed by atoms with Gasteiger partial charge in [-0.15, -0.1) is 13.2 Å². The molecule has 102 valence electrons. The van der Waals surface area contributed by atoms with Gasteiger partial charge >= 0.3 is 5.97 Å². The van der Waals surface area contributed by atoms with Crippen molar-refractivity contribution in [1.82, 2.24) is 0 Å². The van der Waals surface area contributed by atoms with Crippen LogP contribution < -0.4 is 0 Å². The van der Waals surface area contributed by atoms with Gasteiger partial charge in [-0.2, -0.15) is 0 Å². The van der Waals surface area contributed by atoms with E-state index in [0.717, 1.165) is 11.1 Å². The number of carbonyl (C=O) groups excluding carboxylic acids is 1. The fourth-order valence-electron chi connectivity index (χ4n) is 2.65. The molecule has 0 heterocycles. The first kappa shape index (κ1) is 15.0. The normalized spacial score (nSPS) is 17.1. The number of carbonyl (C=O) groups is 1. The minimum absolute atomic E-state index is 0.282. The van der Waals surface area contributed by atoms with E-state index in [1.54, 1.807) is 6.92 Å². The van der Waals surface area contributed by atoms with E-state index in [4.69, 9.17) is 4.74 Å². The molecule has 1 aliphatic carbocycles. The molecule has 0 aliphatic heterocycles. The fraction of sp³-hybridized carbons (Fsp3) is 0.667. The number of rotatable bonds is 7. The number of hydrogen-bond acceptors (Lipinski definition) is 3. The predicted octanol–water partition coefficient (Wildman–Crippen LogP) is 2.99. The second kappa shape index (κ2) is 5.27. The van der Waals surface area contributed by atoms with Crippen LogP contribution in [-0.2, 0) is 9.53 Å². The third-order valence-corrected chi connectivity index (χ3v) is 3.50. The molecule has 0 aromatic rings. The molecule has 1 fully saturated rings. The van der Waals surface area contributed by atoms with Gasteiger partial charge in [0.2, 0.25) is 0 Å². The van der Waals surface area contributed by atoms with Crippen LogP contribution in [0.4, 0.5) is 0 Å². The van der Waals surface area contributed by atoms with E-state index in [2.05, 4.69) is 13.2 Å². The molecule has 0 amide bonds. The largest absolute Gasteiger partial charge is 0.465 e. The summed E-state index contributed by atoms with van der Waals surface area (Å²) in [6.45, 7) is 13.6. The lowest BCUT2D eigenvalue weighted by Gasteiger charge is -2.36. The van der Waals surface area contributed by atoms with Crippen LogP contribution in [0.15, 0.2) is 24.3 Å². The first-order valence-corrected chi connectivity index (χ1v) is 6.46. The predicted molar refractivity (Wildman–Crippen MR) is 72.1 cm³/mol. The Morgan fingerprint density at radius 2 is 1.72 bits per heavy atom. The maximum absolute atomic E-state index is 12.1. The van der Waals surface area contributed by atoms with Crippen molar-refractivity contribution in [2.45, 2.75) is 52.1 Å². The Kier molecular flexibility index (Phi) is 4.38. The average Bonchev–Trinajstić information content (AvgIpc) is 2.95. The second-order valence-corrected chi connectivity index (χ2v) is 5.60. The molecule has 3 heteroatoms. The lowest BCUT2D eigenvalue weighted by molar-refractivity contribution is -0.162. The van der Waals surface area contributed by atoms with Gasteiger partial charge in [0, 0.05) is 0 Å². The molecule has 0 aromatic heterocycles. The van der Waals surface area contributed by atoms with Gasteiger partial charge in [0.05, 0.1) is 17.6 Å². The zero-order valence-corrected chi connectivity index (χ0v) is 11.7. The summed E-state index contributed by atoms with van der Waals surface area (Å²) in [5, 5.41) is 10.9. The quantitative estimate of drug-likeness (QED) is 0.559. The summed E-state index contributed by atoms with van der Waals surface area (Å²) in [6, 6.07) is 0. The zero-order valence-electron chi connectivity index (χ0n) is 11.7. The van der Waals surface area contributed by atoms with Gasteiger partial charge in [-0.25, -0.2) is 0 Å². The van der Waals surface area contributed by atoms with E-state index in [0.29, 0.717) is 32.3 Å². The molecule has 3 nitrogen and oxygen atoms in total. The molecule has 0 radical (unpaired) electrons. The molecular weight excluding hydrogens is 228 g/mol. The van der Waals surface area contributed by atoms with Gasteiger partial charge < -0.3 is 9.84 Å². The highest BCUT2D eigenvalue weighted by Crippen LogP contribution is 2.58. The smallest absolute Gasteiger partial charge is 0.315 e. The minimum atomic E-state index is -1.10. The molecule has 0 unspecified atom stereocenters. The highest BCUT2D eigenvalue weighted by molar-refractivity contribution is 5.81. The van der Waals surface area contributed by atoms with Crippen LogP contribution in [0.2, 0.25) is 0 Å². The zero-order chi connectivity index (χ0) is 14.0. The van der Waals surface area contributed by atoms with Crippen LogP contribution in [0.1, 0.15) is 46.5 Å². The Morgan fingerprint density at radius 3 is 2.00 bits per heavy atom. The van der Waals surface area contributed by atoms with E-state index in [1.807, 2.05) is 13.8 Å². The number of ether oxygens (including phenoxy) is 1. The Balaban J connectivity index is 2.99. The maximum atomic E-state index is 12.1. The summed E-state index contributed by atoms with van der Waals surface area (Å²) < 4.78 is 5.12. The molecule has 1 aliphatic rings. The lowest BCUT2D eigenvalue weighted by atomic mass is 9.75. The van der Waals surface area contributed by atoms with Gasteiger partial charge in [-0.3, -0.25) is 4.79 Å². The third kappa shape index (κ3) is 2.83. The molecule has 0 bridgehead atoms. The summed E-state index contributed by atoms with van der Waals surface area (Å²) in [6.07, 6.45) is 2.20. The SMILES string of the molecule is C=C(C)CC(O)(CC(=C)C)C1(C(=O)OCC)CC1. The highest BCUT2D eigenvalue weighted by Gasteiger charge is 2.64. The van der Waals surface area contributed by atoms with Gasteiger partial charge in [0.25, 0.3) is 0 Å². The maximum Gasteiger partial charge on any atom is 0.315 e. The number of esters is 1.